The van der Waals surface area contributed by atoms with E-state index in [1.165, 1.54) is 0 Å². The zero-order chi connectivity index (χ0) is 12.3. The summed E-state index contributed by atoms with van der Waals surface area (Å²) in [5.41, 5.74) is 1.57. The van der Waals surface area contributed by atoms with Gasteiger partial charge in [0.05, 0.1) is 21.8 Å². The van der Waals surface area contributed by atoms with Crippen LogP contribution < -0.4 is 10.6 Å². The highest BCUT2D eigenvalue weighted by Gasteiger charge is 2.04. The van der Waals surface area contributed by atoms with Crippen LogP contribution in [0.3, 0.4) is 0 Å². The first-order chi connectivity index (χ1) is 8.19. The second kappa shape index (κ2) is 5.11. The predicted molar refractivity (Wildman–Crippen MR) is 68.5 cm³/mol. The summed E-state index contributed by atoms with van der Waals surface area (Å²) in [5.74, 6) is 0. The lowest BCUT2D eigenvalue weighted by Crippen LogP contribution is -2.30. The average Bonchev–Trinajstić information content (AvgIpc) is 2.65. The van der Waals surface area contributed by atoms with Crippen LogP contribution >= 0.6 is 11.3 Å². The number of thiazole rings is 1. The van der Waals surface area contributed by atoms with Crippen LogP contribution in [0.2, 0.25) is 0 Å². The Kier molecular flexibility index (Phi) is 3.55. The van der Waals surface area contributed by atoms with Crippen molar-refractivity contribution < 1.29 is 9.90 Å². The number of rotatable bonds is 3. The lowest BCUT2D eigenvalue weighted by Gasteiger charge is -2.05. The molecule has 1 aromatic carbocycles. The van der Waals surface area contributed by atoms with E-state index in [9.17, 15) is 4.79 Å². The number of anilines is 1. The second-order valence-electron chi connectivity index (χ2n) is 3.52. The second-order valence-corrected chi connectivity index (χ2v) is 4.75. The number of carbonyl (C=O) groups excluding carboxylic acids is 1. The molecule has 0 spiro atoms. The SMILES string of the molecule is Cc1nc2cc(NC(=O)NCCO)ccc2s1. The van der Waals surface area contributed by atoms with Crippen molar-refractivity contribution >= 4 is 33.3 Å². The van der Waals surface area contributed by atoms with Crippen LogP contribution in [-0.2, 0) is 0 Å². The minimum atomic E-state index is -0.328. The molecule has 0 saturated heterocycles. The summed E-state index contributed by atoms with van der Waals surface area (Å²) in [6, 6.07) is 5.27. The molecular formula is C11H13N3O2S. The van der Waals surface area contributed by atoms with Crippen molar-refractivity contribution in [2.75, 3.05) is 18.5 Å². The molecule has 0 aliphatic heterocycles. The fourth-order valence-corrected chi connectivity index (χ4v) is 2.27. The summed E-state index contributed by atoms with van der Waals surface area (Å²) in [5, 5.41) is 14.8. The summed E-state index contributed by atoms with van der Waals surface area (Å²) in [4.78, 5) is 15.7. The zero-order valence-corrected chi connectivity index (χ0v) is 10.2. The van der Waals surface area contributed by atoms with Gasteiger partial charge in [0.15, 0.2) is 0 Å². The Morgan fingerprint density at radius 2 is 2.35 bits per heavy atom. The number of aryl methyl sites for hydroxylation is 1. The van der Waals surface area contributed by atoms with Gasteiger partial charge in [0.25, 0.3) is 0 Å². The van der Waals surface area contributed by atoms with Crippen molar-refractivity contribution in [2.45, 2.75) is 6.92 Å². The van der Waals surface area contributed by atoms with Crippen molar-refractivity contribution in [3.05, 3.63) is 23.2 Å². The molecule has 0 radical (unpaired) electrons. The predicted octanol–water partition coefficient (Wildman–Crippen LogP) is 1.72. The number of fused-ring (bicyclic) bond motifs is 1. The van der Waals surface area contributed by atoms with Gasteiger partial charge < -0.3 is 15.7 Å². The Bertz CT molecular complexity index is 538. The lowest BCUT2D eigenvalue weighted by molar-refractivity contribution is 0.245. The van der Waals surface area contributed by atoms with E-state index in [1.807, 2.05) is 25.1 Å². The lowest BCUT2D eigenvalue weighted by atomic mass is 10.3. The quantitative estimate of drug-likeness (QED) is 0.777. The van der Waals surface area contributed by atoms with E-state index in [1.54, 1.807) is 11.3 Å². The molecule has 2 aromatic rings. The molecular weight excluding hydrogens is 238 g/mol. The molecule has 6 heteroatoms. The van der Waals surface area contributed by atoms with Gasteiger partial charge in [-0.3, -0.25) is 0 Å². The Balaban J connectivity index is 2.10. The van der Waals surface area contributed by atoms with Crippen molar-refractivity contribution in [1.29, 1.82) is 0 Å². The van der Waals surface area contributed by atoms with Crippen LogP contribution in [0.25, 0.3) is 10.2 Å². The van der Waals surface area contributed by atoms with Gasteiger partial charge in [-0.15, -0.1) is 11.3 Å². The fraction of sp³-hybridized carbons (Fsp3) is 0.273. The molecule has 1 heterocycles. The minimum absolute atomic E-state index is 0.0717. The molecule has 1 aromatic heterocycles. The summed E-state index contributed by atoms with van der Waals surface area (Å²) < 4.78 is 1.10. The molecule has 0 aliphatic rings. The molecule has 0 bridgehead atoms. The molecule has 17 heavy (non-hydrogen) atoms. The molecule has 0 fully saturated rings. The van der Waals surface area contributed by atoms with E-state index >= 15 is 0 Å². The van der Waals surface area contributed by atoms with Crippen molar-refractivity contribution in [3.8, 4) is 0 Å². The largest absolute Gasteiger partial charge is 0.395 e. The van der Waals surface area contributed by atoms with Gasteiger partial charge in [0.2, 0.25) is 0 Å². The number of amides is 2. The maximum Gasteiger partial charge on any atom is 0.319 e. The topological polar surface area (TPSA) is 74.2 Å². The number of aliphatic hydroxyl groups excluding tert-OH is 1. The molecule has 0 unspecified atom stereocenters. The Hall–Kier alpha value is -1.66. The Labute approximate surface area is 102 Å². The van der Waals surface area contributed by atoms with Gasteiger partial charge in [-0.1, -0.05) is 0 Å². The van der Waals surface area contributed by atoms with E-state index in [4.69, 9.17) is 5.11 Å². The third kappa shape index (κ3) is 2.92. The normalized spacial score (nSPS) is 10.5. The third-order valence-electron chi connectivity index (χ3n) is 2.15. The van der Waals surface area contributed by atoms with E-state index in [2.05, 4.69) is 15.6 Å². The molecule has 5 nitrogen and oxygen atoms in total. The zero-order valence-electron chi connectivity index (χ0n) is 9.36. The number of aromatic nitrogens is 1. The van der Waals surface area contributed by atoms with Gasteiger partial charge in [0.1, 0.15) is 0 Å². The van der Waals surface area contributed by atoms with Gasteiger partial charge in [-0.2, -0.15) is 0 Å². The van der Waals surface area contributed by atoms with Crippen LogP contribution in [-0.4, -0.2) is 29.3 Å². The number of benzene rings is 1. The number of aliphatic hydroxyl groups is 1. The first kappa shape index (κ1) is 11.8. The number of urea groups is 1. The van der Waals surface area contributed by atoms with Gasteiger partial charge >= 0.3 is 6.03 Å². The van der Waals surface area contributed by atoms with Crippen LogP contribution in [0, 0.1) is 6.92 Å². The third-order valence-corrected chi connectivity index (χ3v) is 3.10. The number of hydrogen-bond acceptors (Lipinski definition) is 4. The highest BCUT2D eigenvalue weighted by atomic mass is 32.1. The van der Waals surface area contributed by atoms with Crippen LogP contribution in [0.4, 0.5) is 10.5 Å². The van der Waals surface area contributed by atoms with E-state index < -0.39 is 0 Å². The number of nitrogens with one attached hydrogen (secondary N) is 2. The average molecular weight is 251 g/mol. The monoisotopic (exact) mass is 251 g/mol. The van der Waals surface area contributed by atoms with Crippen molar-refractivity contribution in [3.63, 3.8) is 0 Å². The van der Waals surface area contributed by atoms with Gasteiger partial charge in [0, 0.05) is 12.2 Å². The van der Waals surface area contributed by atoms with Crippen LogP contribution in [0.5, 0.6) is 0 Å². The Morgan fingerprint density at radius 3 is 3.12 bits per heavy atom. The molecule has 2 amide bonds. The molecule has 90 valence electrons. The number of hydrogen-bond donors (Lipinski definition) is 3. The summed E-state index contributed by atoms with van der Waals surface area (Å²) in [6.07, 6.45) is 0. The molecule has 2 rings (SSSR count). The molecule has 0 atom stereocenters. The first-order valence-electron chi connectivity index (χ1n) is 5.22. The molecule has 0 aliphatic carbocycles. The van der Waals surface area contributed by atoms with E-state index in [0.717, 1.165) is 15.2 Å². The van der Waals surface area contributed by atoms with Crippen molar-refractivity contribution in [1.82, 2.24) is 10.3 Å². The highest BCUT2D eigenvalue weighted by molar-refractivity contribution is 7.18. The Morgan fingerprint density at radius 1 is 1.53 bits per heavy atom. The van der Waals surface area contributed by atoms with Gasteiger partial charge in [-0.05, 0) is 25.1 Å². The number of nitrogens with zero attached hydrogens (tertiary/aromatic N) is 1. The molecule has 0 saturated carbocycles. The van der Waals surface area contributed by atoms with Crippen molar-refractivity contribution in [2.24, 2.45) is 0 Å². The summed E-state index contributed by atoms with van der Waals surface area (Å²) in [7, 11) is 0. The summed E-state index contributed by atoms with van der Waals surface area (Å²) >= 11 is 1.62. The van der Waals surface area contributed by atoms with Crippen LogP contribution in [0.15, 0.2) is 18.2 Å². The molecule has 3 N–H and O–H groups in total. The maximum atomic E-state index is 11.4. The summed E-state index contributed by atoms with van der Waals surface area (Å²) in [6.45, 7) is 2.12. The van der Waals surface area contributed by atoms with E-state index in [-0.39, 0.29) is 19.2 Å². The highest BCUT2D eigenvalue weighted by Crippen LogP contribution is 2.24. The van der Waals surface area contributed by atoms with Gasteiger partial charge in [-0.25, -0.2) is 9.78 Å². The number of carbonyl (C=O) groups is 1. The fourth-order valence-electron chi connectivity index (χ4n) is 1.47. The standard InChI is InChI=1S/C11H13N3O2S/c1-7-13-9-6-8(2-3-10(9)17-7)14-11(16)12-4-5-15/h2-3,6,15H,4-5H2,1H3,(H2,12,14,16). The maximum absolute atomic E-state index is 11.4. The van der Waals surface area contributed by atoms with Crippen LogP contribution in [0.1, 0.15) is 5.01 Å². The smallest absolute Gasteiger partial charge is 0.319 e. The van der Waals surface area contributed by atoms with E-state index in [0.29, 0.717) is 5.69 Å². The minimum Gasteiger partial charge on any atom is -0.395 e. The first-order valence-corrected chi connectivity index (χ1v) is 6.03.